The highest BCUT2D eigenvalue weighted by Gasteiger charge is 2.45. The fourth-order valence-corrected chi connectivity index (χ4v) is 2.55. The van der Waals surface area contributed by atoms with Crippen molar-refractivity contribution >= 4 is 41.5 Å². The highest BCUT2D eigenvalue weighted by Crippen LogP contribution is 2.50. The SMILES string of the molecule is CC(C)CNC(N)=NCC1(c2ccc(F)cc2Cl)CC1.I. The number of nitrogens with one attached hydrogen (secondary N) is 1. The van der Waals surface area contributed by atoms with E-state index in [1.807, 2.05) is 0 Å². The molecule has 0 saturated heterocycles. The first-order valence-corrected chi connectivity index (χ1v) is 7.30. The van der Waals surface area contributed by atoms with Crippen molar-refractivity contribution < 1.29 is 4.39 Å². The summed E-state index contributed by atoms with van der Waals surface area (Å²) in [6, 6.07) is 4.57. The van der Waals surface area contributed by atoms with E-state index in [-0.39, 0.29) is 35.2 Å². The maximum absolute atomic E-state index is 13.1. The van der Waals surface area contributed by atoms with Crippen LogP contribution in [0.3, 0.4) is 0 Å². The van der Waals surface area contributed by atoms with Gasteiger partial charge in [0.25, 0.3) is 0 Å². The van der Waals surface area contributed by atoms with Gasteiger partial charge in [-0.05, 0) is 36.5 Å². The molecule has 118 valence electrons. The van der Waals surface area contributed by atoms with Crippen molar-refractivity contribution in [3.05, 3.63) is 34.6 Å². The highest BCUT2D eigenvalue weighted by molar-refractivity contribution is 14.0. The predicted octanol–water partition coefficient (Wildman–Crippen LogP) is 3.69. The van der Waals surface area contributed by atoms with Crippen molar-refractivity contribution in [2.45, 2.75) is 32.1 Å². The number of hydrogen-bond donors (Lipinski definition) is 2. The van der Waals surface area contributed by atoms with Crippen LogP contribution < -0.4 is 11.1 Å². The molecule has 21 heavy (non-hydrogen) atoms. The Morgan fingerprint density at radius 3 is 2.67 bits per heavy atom. The quantitative estimate of drug-likeness (QED) is 0.429. The molecule has 0 atom stereocenters. The zero-order valence-corrected chi connectivity index (χ0v) is 15.4. The van der Waals surface area contributed by atoms with Gasteiger partial charge in [0.05, 0.1) is 6.54 Å². The molecule has 0 radical (unpaired) electrons. The van der Waals surface area contributed by atoms with Crippen LogP contribution in [-0.4, -0.2) is 19.0 Å². The van der Waals surface area contributed by atoms with Crippen LogP contribution in [0.25, 0.3) is 0 Å². The first kappa shape index (κ1) is 18.5. The lowest BCUT2D eigenvalue weighted by Gasteiger charge is -2.16. The Morgan fingerprint density at radius 1 is 1.48 bits per heavy atom. The van der Waals surface area contributed by atoms with Crippen molar-refractivity contribution in [1.82, 2.24) is 5.32 Å². The summed E-state index contributed by atoms with van der Waals surface area (Å²) >= 11 is 6.14. The van der Waals surface area contributed by atoms with Crippen molar-refractivity contribution in [2.75, 3.05) is 13.1 Å². The molecule has 1 saturated carbocycles. The smallest absolute Gasteiger partial charge is 0.188 e. The topological polar surface area (TPSA) is 50.4 Å². The van der Waals surface area contributed by atoms with Crippen molar-refractivity contribution in [2.24, 2.45) is 16.6 Å². The normalized spacial score (nSPS) is 16.5. The molecule has 1 aliphatic rings. The standard InChI is InChI=1S/C15H21ClFN3.HI/c1-10(2)8-19-14(18)20-9-15(5-6-15)12-4-3-11(17)7-13(12)16;/h3-4,7,10H,5-6,8-9H2,1-2H3,(H3,18,19,20);1H. The van der Waals surface area contributed by atoms with E-state index < -0.39 is 0 Å². The molecule has 0 bridgehead atoms. The number of guanidine groups is 1. The van der Waals surface area contributed by atoms with Crippen LogP contribution in [0.15, 0.2) is 23.2 Å². The Kier molecular flexibility index (Phi) is 6.71. The van der Waals surface area contributed by atoms with Gasteiger partial charge in [-0.1, -0.05) is 31.5 Å². The summed E-state index contributed by atoms with van der Waals surface area (Å²) in [5.74, 6) is 0.671. The lowest BCUT2D eigenvalue weighted by molar-refractivity contribution is 0.617. The van der Waals surface area contributed by atoms with E-state index in [1.165, 1.54) is 12.1 Å². The van der Waals surface area contributed by atoms with Crippen LogP contribution in [0.1, 0.15) is 32.3 Å². The first-order valence-electron chi connectivity index (χ1n) is 6.92. The third kappa shape index (κ3) is 4.98. The molecule has 0 unspecified atom stereocenters. The van der Waals surface area contributed by atoms with Gasteiger partial charge in [-0.2, -0.15) is 0 Å². The molecule has 1 fully saturated rings. The first-order chi connectivity index (χ1) is 9.43. The van der Waals surface area contributed by atoms with E-state index >= 15 is 0 Å². The van der Waals surface area contributed by atoms with Gasteiger partial charge in [0, 0.05) is 17.0 Å². The van der Waals surface area contributed by atoms with E-state index in [2.05, 4.69) is 24.2 Å². The van der Waals surface area contributed by atoms with Crippen molar-refractivity contribution in [3.63, 3.8) is 0 Å². The van der Waals surface area contributed by atoms with Crippen LogP contribution in [0, 0.1) is 11.7 Å². The van der Waals surface area contributed by atoms with E-state index in [4.69, 9.17) is 17.3 Å². The average molecular weight is 426 g/mol. The minimum Gasteiger partial charge on any atom is -0.370 e. The Hall–Kier alpha value is -0.560. The predicted molar refractivity (Wildman–Crippen MR) is 97.1 cm³/mol. The second kappa shape index (κ2) is 7.63. The Balaban J connectivity index is 0.00000220. The second-order valence-corrected chi connectivity index (χ2v) is 6.29. The fourth-order valence-electron chi connectivity index (χ4n) is 2.18. The summed E-state index contributed by atoms with van der Waals surface area (Å²) in [7, 11) is 0. The van der Waals surface area contributed by atoms with Crippen LogP contribution >= 0.6 is 35.6 Å². The van der Waals surface area contributed by atoms with Crippen LogP contribution in [0.5, 0.6) is 0 Å². The molecular formula is C15H22ClFIN3. The van der Waals surface area contributed by atoms with Gasteiger partial charge in [0.1, 0.15) is 5.82 Å². The third-order valence-electron chi connectivity index (χ3n) is 3.60. The Labute approximate surface area is 147 Å². The minimum atomic E-state index is -0.309. The van der Waals surface area contributed by atoms with Crippen LogP contribution in [0.2, 0.25) is 5.02 Å². The summed E-state index contributed by atoms with van der Waals surface area (Å²) in [6.45, 7) is 5.62. The minimum absolute atomic E-state index is 0. The van der Waals surface area contributed by atoms with Gasteiger partial charge < -0.3 is 11.1 Å². The lowest BCUT2D eigenvalue weighted by atomic mass is 9.96. The molecule has 6 heteroatoms. The van der Waals surface area contributed by atoms with E-state index in [0.29, 0.717) is 23.4 Å². The summed E-state index contributed by atoms with van der Waals surface area (Å²) in [6.07, 6.45) is 2.03. The molecule has 1 aromatic rings. The lowest BCUT2D eigenvalue weighted by Crippen LogP contribution is -2.35. The van der Waals surface area contributed by atoms with Crippen LogP contribution in [0.4, 0.5) is 4.39 Å². The summed E-state index contributed by atoms with van der Waals surface area (Å²) in [4.78, 5) is 4.40. The third-order valence-corrected chi connectivity index (χ3v) is 3.91. The number of nitrogens with zero attached hydrogens (tertiary/aromatic N) is 1. The molecule has 1 aromatic carbocycles. The molecule has 1 aliphatic carbocycles. The van der Waals surface area contributed by atoms with E-state index in [1.54, 1.807) is 6.07 Å². The molecule has 3 nitrogen and oxygen atoms in total. The zero-order valence-electron chi connectivity index (χ0n) is 12.3. The van der Waals surface area contributed by atoms with Gasteiger partial charge in [0.15, 0.2) is 5.96 Å². The van der Waals surface area contributed by atoms with Gasteiger partial charge in [-0.25, -0.2) is 4.39 Å². The highest BCUT2D eigenvalue weighted by atomic mass is 127. The molecule has 0 aromatic heterocycles. The van der Waals surface area contributed by atoms with Crippen molar-refractivity contribution in [3.8, 4) is 0 Å². The number of halogens is 3. The average Bonchev–Trinajstić information content (AvgIpc) is 3.15. The molecular weight excluding hydrogens is 404 g/mol. The number of rotatable bonds is 5. The molecule has 0 heterocycles. The van der Waals surface area contributed by atoms with Crippen LogP contribution in [-0.2, 0) is 5.41 Å². The number of aliphatic imine (C=N–C) groups is 1. The maximum Gasteiger partial charge on any atom is 0.188 e. The number of hydrogen-bond acceptors (Lipinski definition) is 1. The molecule has 0 aliphatic heterocycles. The van der Waals surface area contributed by atoms with Gasteiger partial charge in [-0.15, -0.1) is 24.0 Å². The molecule has 0 amide bonds. The number of nitrogens with two attached hydrogens (primary N) is 1. The fraction of sp³-hybridized carbons (Fsp3) is 0.533. The van der Waals surface area contributed by atoms with Gasteiger partial charge in [-0.3, -0.25) is 4.99 Å². The summed E-state index contributed by atoms with van der Waals surface area (Å²) in [5.41, 5.74) is 6.76. The molecule has 0 spiro atoms. The second-order valence-electron chi connectivity index (χ2n) is 5.88. The monoisotopic (exact) mass is 425 g/mol. The van der Waals surface area contributed by atoms with E-state index in [0.717, 1.165) is 24.9 Å². The summed E-state index contributed by atoms with van der Waals surface area (Å²) < 4.78 is 13.1. The largest absolute Gasteiger partial charge is 0.370 e. The number of benzene rings is 1. The summed E-state index contributed by atoms with van der Waals surface area (Å²) in [5, 5.41) is 3.57. The maximum atomic E-state index is 13.1. The van der Waals surface area contributed by atoms with Gasteiger partial charge >= 0.3 is 0 Å². The molecule has 2 rings (SSSR count). The molecule has 3 N–H and O–H groups in total. The van der Waals surface area contributed by atoms with Crippen molar-refractivity contribution in [1.29, 1.82) is 0 Å². The van der Waals surface area contributed by atoms with Gasteiger partial charge in [0.2, 0.25) is 0 Å². The Morgan fingerprint density at radius 2 is 2.14 bits per heavy atom. The van der Waals surface area contributed by atoms with E-state index in [9.17, 15) is 4.39 Å². The zero-order chi connectivity index (χ0) is 14.8. The Bertz CT molecular complexity index is 516.